The zero-order valence-electron chi connectivity index (χ0n) is 17.0. The molecule has 30 heavy (non-hydrogen) atoms. The van der Waals surface area contributed by atoms with Gasteiger partial charge in [0.2, 0.25) is 0 Å². The van der Waals surface area contributed by atoms with E-state index < -0.39 is 17.2 Å². The van der Waals surface area contributed by atoms with Crippen LogP contribution in [0.1, 0.15) is 32.4 Å². The van der Waals surface area contributed by atoms with Crippen LogP contribution in [0.4, 0.5) is 14.6 Å². The zero-order valence-corrected chi connectivity index (χ0v) is 17.0. The van der Waals surface area contributed by atoms with Crippen molar-refractivity contribution in [3.05, 3.63) is 35.8 Å². The number of anilines is 1. The second-order valence-electron chi connectivity index (χ2n) is 7.88. The van der Waals surface area contributed by atoms with Crippen LogP contribution in [0, 0.1) is 11.6 Å². The summed E-state index contributed by atoms with van der Waals surface area (Å²) < 4.78 is 35.8. The summed E-state index contributed by atoms with van der Waals surface area (Å²) >= 11 is 0. The molecule has 3 aromatic heterocycles. The molecule has 3 aromatic rings. The number of rotatable bonds is 5. The van der Waals surface area contributed by atoms with E-state index in [1.807, 2.05) is 0 Å². The second-order valence-corrected chi connectivity index (χ2v) is 7.88. The van der Waals surface area contributed by atoms with E-state index in [1.54, 1.807) is 20.0 Å². The molecule has 4 rings (SSSR count). The van der Waals surface area contributed by atoms with Gasteiger partial charge >= 0.3 is 0 Å². The first kappa shape index (κ1) is 20.4. The van der Waals surface area contributed by atoms with Gasteiger partial charge < -0.3 is 20.5 Å². The number of pyridine rings is 1. The first-order valence-electron chi connectivity index (χ1n) is 9.77. The van der Waals surface area contributed by atoms with Crippen molar-refractivity contribution in [2.75, 3.05) is 25.5 Å². The number of nitrogens with one attached hydrogen (secondary N) is 2. The molecule has 1 aliphatic rings. The number of aromatic nitrogens is 4. The van der Waals surface area contributed by atoms with Crippen molar-refractivity contribution in [3.63, 3.8) is 0 Å². The van der Waals surface area contributed by atoms with Gasteiger partial charge in [-0.05, 0) is 33.2 Å². The minimum atomic E-state index is -1.30. The van der Waals surface area contributed by atoms with Gasteiger partial charge in [0.15, 0.2) is 28.8 Å². The van der Waals surface area contributed by atoms with Gasteiger partial charge in [0.05, 0.1) is 25.1 Å². The highest BCUT2D eigenvalue weighted by Crippen LogP contribution is 2.32. The SMILES string of the molecule is COc1cn2ncc(-c3nc(NC4CCCNC4)c(F)cc3F)c2nc1C(C)(C)O. The van der Waals surface area contributed by atoms with Crippen LogP contribution in [0.2, 0.25) is 0 Å². The third-order valence-corrected chi connectivity index (χ3v) is 5.08. The minimum absolute atomic E-state index is 0.00662. The van der Waals surface area contributed by atoms with Crippen LogP contribution in [0.3, 0.4) is 0 Å². The first-order valence-corrected chi connectivity index (χ1v) is 9.77. The van der Waals surface area contributed by atoms with Crippen LogP contribution in [-0.4, -0.2) is 50.9 Å². The van der Waals surface area contributed by atoms with Gasteiger partial charge in [0.1, 0.15) is 17.0 Å². The molecule has 0 amide bonds. The molecular weight excluding hydrogens is 394 g/mol. The number of aliphatic hydroxyl groups is 1. The Morgan fingerprint density at radius 1 is 1.30 bits per heavy atom. The highest BCUT2D eigenvalue weighted by Gasteiger charge is 2.26. The molecule has 3 N–H and O–H groups in total. The second kappa shape index (κ2) is 7.77. The number of hydrogen-bond acceptors (Lipinski definition) is 7. The van der Waals surface area contributed by atoms with Gasteiger partial charge in [-0.2, -0.15) is 5.10 Å². The van der Waals surface area contributed by atoms with E-state index in [2.05, 4.69) is 25.7 Å². The number of halogens is 2. The molecule has 0 aliphatic carbocycles. The Balaban J connectivity index is 1.80. The van der Waals surface area contributed by atoms with Crippen LogP contribution in [0.5, 0.6) is 5.75 Å². The van der Waals surface area contributed by atoms with Crippen molar-refractivity contribution in [2.45, 2.75) is 38.3 Å². The van der Waals surface area contributed by atoms with Gasteiger partial charge in [0, 0.05) is 18.7 Å². The molecule has 1 atom stereocenters. The van der Waals surface area contributed by atoms with Crippen LogP contribution in [-0.2, 0) is 5.60 Å². The minimum Gasteiger partial charge on any atom is -0.493 e. The average molecular weight is 418 g/mol. The third-order valence-electron chi connectivity index (χ3n) is 5.08. The fourth-order valence-electron chi connectivity index (χ4n) is 3.57. The van der Waals surface area contributed by atoms with Gasteiger partial charge in [-0.15, -0.1) is 0 Å². The maximum Gasteiger partial charge on any atom is 0.168 e. The Kier molecular flexibility index (Phi) is 5.29. The van der Waals surface area contributed by atoms with Gasteiger partial charge in [-0.25, -0.2) is 23.3 Å². The lowest BCUT2D eigenvalue weighted by atomic mass is 10.0. The Labute approximate surface area is 172 Å². The summed E-state index contributed by atoms with van der Waals surface area (Å²) in [6.07, 6.45) is 4.79. The highest BCUT2D eigenvalue weighted by molar-refractivity contribution is 5.76. The van der Waals surface area contributed by atoms with Crippen LogP contribution < -0.4 is 15.4 Å². The smallest absolute Gasteiger partial charge is 0.168 e. The molecular formula is C20H24F2N6O2. The summed E-state index contributed by atoms with van der Waals surface area (Å²) in [5.74, 6) is -1.26. The van der Waals surface area contributed by atoms with Gasteiger partial charge in [0.25, 0.3) is 0 Å². The highest BCUT2D eigenvalue weighted by atomic mass is 19.1. The third kappa shape index (κ3) is 3.80. The Morgan fingerprint density at radius 3 is 2.77 bits per heavy atom. The molecule has 0 spiro atoms. The van der Waals surface area contributed by atoms with Crippen molar-refractivity contribution in [2.24, 2.45) is 0 Å². The lowest BCUT2D eigenvalue weighted by Gasteiger charge is -2.24. The summed E-state index contributed by atoms with van der Waals surface area (Å²) in [6.45, 7) is 4.74. The molecule has 1 saturated heterocycles. The first-order chi connectivity index (χ1) is 14.3. The summed E-state index contributed by atoms with van der Waals surface area (Å²) in [5, 5.41) is 20.9. The maximum absolute atomic E-state index is 14.7. The molecule has 1 unspecified atom stereocenters. The molecule has 0 bridgehead atoms. The van der Waals surface area contributed by atoms with Crippen LogP contribution in [0.15, 0.2) is 18.5 Å². The maximum atomic E-state index is 14.7. The summed E-state index contributed by atoms with van der Waals surface area (Å²) in [5.41, 5.74) is -0.545. The molecule has 1 fully saturated rings. The van der Waals surface area contributed by atoms with E-state index >= 15 is 0 Å². The van der Waals surface area contributed by atoms with E-state index in [9.17, 15) is 13.9 Å². The predicted molar refractivity (Wildman–Crippen MR) is 107 cm³/mol. The van der Waals surface area contributed by atoms with Crippen LogP contribution in [0.25, 0.3) is 16.9 Å². The van der Waals surface area contributed by atoms with Crippen molar-refractivity contribution in [1.29, 1.82) is 0 Å². The average Bonchev–Trinajstić information content (AvgIpc) is 3.12. The topological polar surface area (TPSA) is 96.6 Å². The Morgan fingerprint density at radius 2 is 2.10 bits per heavy atom. The van der Waals surface area contributed by atoms with E-state index in [4.69, 9.17) is 4.74 Å². The quantitative estimate of drug-likeness (QED) is 0.586. The number of ether oxygens (including phenoxy) is 1. The molecule has 0 saturated carbocycles. The standard InChI is InChI=1S/C20H24F2N6O2/c1-20(2,29)17-15(30-3)10-28-19(27-17)12(9-24-28)16-13(21)7-14(22)18(26-16)25-11-5-4-6-23-8-11/h7,9-11,23,29H,4-6,8H2,1-3H3,(H,25,26). The van der Waals surface area contributed by atoms with Crippen molar-refractivity contribution < 1.29 is 18.6 Å². The predicted octanol–water partition coefficient (Wildman–Crippen LogP) is 2.47. The Bertz CT molecular complexity index is 1070. The number of nitrogens with zero attached hydrogens (tertiary/aromatic N) is 4. The molecule has 8 nitrogen and oxygen atoms in total. The summed E-state index contributed by atoms with van der Waals surface area (Å²) in [4.78, 5) is 8.67. The van der Waals surface area contributed by atoms with Gasteiger partial charge in [-0.1, -0.05) is 0 Å². The lowest BCUT2D eigenvalue weighted by molar-refractivity contribution is 0.0707. The monoisotopic (exact) mass is 418 g/mol. The number of piperidine rings is 1. The number of methoxy groups -OCH3 is 1. The van der Waals surface area contributed by atoms with Crippen molar-refractivity contribution in [1.82, 2.24) is 24.9 Å². The van der Waals surface area contributed by atoms with Crippen molar-refractivity contribution in [3.8, 4) is 17.0 Å². The number of hydrogen-bond donors (Lipinski definition) is 3. The fraction of sp³-hybridized carbons (Fsp3) is 0.450. The largest absolute Gasteiger partial charge is 0.493 e. The van der Waals surface area contributed by atoms with Crippen LogP contribution >= 0.6 is 0 Å². The zero-order chi connectivity index (χ0) is 21.5. The Hall–Kier alpha value is -2.85. The van der Waals surface area contributed by atoms with E-state index in [1.165, 1.54) is 17.8 Å². The van der Waals surface area contributed by atoms with Crippen molar-refractivity contribution >= 4 is 11.5 Å². The molecule has 1 aliphatic heterocycles. The normalized spacial score (nSPS) is 17.3. The molecule has 160 valence electrons. The van der Waals surface area contributed by atoms with E-state index in [0.29, 0.717) is 12.3 Å². The van der Waals surface area contributed by atoms with E-state index in [-0.39, 0.29) is 34.5 Å². The molecule has 0 aromatic carbocycles. The fourth-order valence-corrected chi connectivity index (χ4v) is 3.57. The van der Waals surface area contributed by atoms with E-state index in [0.717, 1.165) is 25.5 Å². The summed E-state index contributed by atoms with van der Waals surface area (Å²) in [7, 11) is 1.46. The number of fused-ring (bicyclic) bond motifs is 1. The summed E-state index contributed by atoms with van der Waals surface area (Å²) in [6, 6.07) is 0.817. The molecule has 10 heteroatoms. The lowest BCUT2D eigenvalue weighted by Crippen LogP contribution is -2.38. The molecule has 4 heterocycles. The van der Waals surface area contributed by atoms with Gasteiger partial charge in [-0.3, -0.25) is 0 Å². The molecule has 0 radical (unpaired) electrons.